The molecule has 0 spiro atoms. The number of hydrogen-bond acceptors (Lipinski definition) is 12. The molecule has 0 radical (unpaired) electrons. The Balaban J connectivity index is 0.000000118. The maximum atomic E-state index is 13.5. The van der Waals surface area contributed by atoms with E-state index in [1.165, 1.54) is 61.2 Å². The van der Waals surface area contributed by atoms with E-state index in [1.54, 1.807) is 73.5 Å². The molecule has 24 nitrogen and oxygen atoms in total. The van der Waals surface area contributed by atoms with Crippen LogP contribution < -0.4 is 22.2 Å². The van der Waals surface area contributed by atoms with Crippen molar-refractivity contribution in [1.29, 1.82) is 0 Å². The van der Waals surface area contributed by atoms with Crippen LogP contribution >= 0.6 is 11.6 Å². The van der Waals surface area contributed by atoms with E-state index < -0.39 is 17.6 Å². The second-order valence-electron chi connectivity index (χ2n) is 28.1. The average Bonchev–Trinajstić information content (AvgIpc) is 1.64. The van der Waals surface area contributed by atoms with Crippen LogP contribution in [0.4, 0.5) is 26.3 Å². The first-order valence-corrected chi connectivity index (χ1v) is 38.4. The van der Waals surface area contributed by atoms with Gasteiger partial charge in [0.2, 0.25) is 23.8 Å². The number of ether oxygens (including phenoxy) is 1. The van der Waals surface area contributed by atoms with Crippen molar-refractivity contribution < 1.29 is 31.1 Å². The molecule has 31 heteroatoms. The normalized spacial score (nSPS) is 12.4. The van der Waals surface area contributed by atoms with Gasteiger partial charge < -0.3 is 24.7 Å². The lowest BCUT2D eigenvalue weighted by molar-refractivity contribution is -0.137. The van der Waals surface area contributed by atoms with Crippen LogP contribution in [0.3, 0.4) is 0 Å². The molecule has 0 amide bonds. The standard InChI is InChI=1S/C23H18FN5O.C23H23FN4O2.C22H16ClFN6O.C20H15F3N4O/c24-17-8-5-15(6-9-17)7-10-18-21(16-11-13-25-14-12-16)28-29(22(18)30)23-26-19-3-1-2-4-20(19)27-23;24-17-8-5-15(6-9-17)7-10-18-21(16-11-13-30-14-12-16)27-28(22(18)29)23-25-19-3-1-2-4-20(19)26-23;23-15-11-13(6-8-16(15)24)5-7-14-20(19-12-25-9-10-26-19)29-30(21(14)31)22-27-17-3-1-2-4-18(17)28-22;1-2-5-14-17(12-8-10-13(11-9-12)20(21,22)23)26-27(18(14)28)19-24-15-6-3-4-7-16(15)25-19/h1-6,8-9,11-14,28H,7,10H2,(H,26,27);1-6,8-9,16,27H,7,10-14H2,(H,25,26);1-4,6,8-12,29H,5,7H2,(H,27,28);2-4,6-11,26H,1,5H2,(H,24,25). The Kier molecular flexibility index (Phi) is 22.7. The first-order chi connectivity index (χ1) is 57.9. The van der Waals surface area contributed by atoms with Gasteiger partial charge in [-0.2, -0.15) is 31.9 Å². The summed E-state index contributed by atoms with van der Waals surface area (Å²) in [5.41, 5.74) is 14.5. The number of nitrogens with zero attached hydrogens (tertiary/aromatic N) is 11. The Morgan fingerprint density at radius 3 is 1.31 bits per heavy atom. The molecule has 11 heterocycles. The molecule has 0 saturated carbocycles. The third-order valence-electron chi connectivity index (χ3n) is 20.4. The van der Waals surface area contributed by atoms with Gasteiger partial charge in [-0.15, -0.1) is 6.58 Å². The average molecular weight is 1630 g/mol. The number of fused-ring (bicyclic) bond motifs is 4. The highest BCUT2D eigenvalue weighted by Gasteiger charge is 2.31. The quantitative estimate of drug-likeness (QED) is 0.0277. The molecule has 1 aliphatic rings. The van der Waals surface area contributed by atoms with E-state index in [0.29, 0.717) is 120 Å². The first-order valence-electron chi connectivity index (χ1n) is 38.0. The van der Waals surface area contributed by atoms with Gasteiger partial charge in [-0.1, -0.05) is 109 Å². The van der Waals surface area contributed by atoms with E-state index in [1.807, 2.05) is 109 Å². The van der Waals surface area contributed by atoms with E-state index in [0.717, 1.165) is 103 Å². The number of para-hydroxylation sites is 8. The molecule has 8 N–H and O–H groups in total. The Morgan fingerprint density at radius 2 is 0.857 bits per heavy atom. The summed E-state index contributed by atoms with van der Waals surface area (Å²) in [6.07, 6.45) is 10.6. The molecule has 0 unspecified atom stereocenters. The van der Waals surface area contributed by atoms with Crippen LogP contribution in [0.2, 0.25) is 5.02 Å². The summed E-state index contributed by atoms with van der Waals surface area (Å²) < 4.78 is 89.5. The van der Waals surface area contributed by atoms with Gasteiger partial charge in [-0.3, -0.25) is 54.5 Å². The molecular formula is C88H72ClF6N19O5. The fourth-order valence-electron chi connectivity index (χ4n) is 14.3. The number of hydrogen-bond donors (Lipinski definition) is 8. The van der Waals surface area contributed by atoms with Crippen molar-refractivity contribution in [3.8, 4) is 57.7 Å². The third-order valence-corrected chi connectivity index (χ3v) is 20.7. The Hall–Kier alpha value is -14.5. The van der Waals surface area contributed by atoms with Crippen LogP contribution in [-0.4, -0.2) is 107 Å². The van der Waals surface area contributed by atoms with Gasteiger partial charge in [0.25, 0.3) is 22.2 Å². The summed E-state index contributed by atoms with van der Waals surface area (Å²) in [7, 11) is 0. The molecule has 18 aromatic rings. The monoisotopic (exact) mass is 1620 g/mol. The van der Waals surface area contributed by atoms with Crippen molar-refractivity contribution >= 4 is 55.7 Å². The Labute approximate surface area is 676 Å². The molecule has 0 atom stereocenters. The van der Waals surface area contributed by atoms with Gasteiger partial charge in [0, 0.05) is 77.4 Å². The summed E-state index contributed by atoms with van der Waals surface area (Å²) >= 11 is 5.90. The van der Waals surface area contributed by atoms with E-state index >= 15 is 0 Å². The number of allylic oxidation sites excluding steroid dienone is 1. The summed E-state index contributed by atoms with van der Waals surface area (Å²) in [6.45, 7) is 5.05. The molecule has 19 rings (SSSR count). The largest absolute Gasteiger partial charge is 0.416 e. The maximum Gasteiger partial charge on any atom is 0.416 e. The van der Waals surface area contributed by atoms with Gasteiger partial charge in [0.15, 0.2) is 0 Å². The van der Waals surface area contributed by atoms with E-state index in [9.17, 15) is 45.5 Å². The Bertz CT molecular complexity index is 6750. The second-order valence-corrected chi connectivity index (χ2v) is 28.5. The molecule has 10 aromatic heterocycles. The number of rotatable bonds is 19. The van der Waals surface area contributed by atoms with E-state index in [4.69, 9.17) is 16.3 Å². The molecule has 1 saturated heterocycles. The molecule has 0 aliphatic carbocycles. The zero-order valence-corrected chi connectivity index (χ0v) is 63.9. The smallest absolute Gasteiger partial charge is 0.381 e. The van der Waals surface area contributed by atoms with Crippen molar-refractivity contribution in [3.63, 3.8) is 0 Å². The highest BCUT2D eigenvalue weighted by atomic mass is 35.5. The summed E-state index contributed by atoms with van der Waals surface area (Å²) in [5, 5.41) is 12.7. The summed E-state index contributed by atoms with van der Waals surface area (Å²) in [4.78, 5) is 96.1. The zero-order chi connectivity index (χ0) is 82.3. The topological polar surface area (TPSA) is 314 Å². The number of aromatic nitrogens is 19. The van der Waals surface area contributed by atoms with E-state index in [-0.39, 0.29) is 51.2 Å². The summed E-state index contributed by atoms with van der Waals surface area (Å²) in [6, 6.07) is 55.9. The number of imidazole rings is 4. The van der Waals surface area contributed by atoms with Crippen molar-refractivity contribution in [3.05, 3.63) is 358 Å². The van der Waals surface area contributed by atoms with Crippen LogP contribution in [0.1, 0.15) is 69.0 Å². The predicted octanol–water partition coefficient (Wildman–Crippen LogP) is 16.4. The number of aryl methyl sites for hydroxylation is 3. The fraction of sp³-hybridized carbons (Fsp3) is 0.148. The number of halogens is 7. The minimum absolute atomic E-state index is 0.0559. The minimum Gasteiger partial charge on any atom is -0.381 e. The van der Waals surface area contributed by atoms with Crippen molar-refractivity contribution in [2.75, 3.05) is 13.2 Å². The molecule has 598 valence electrons. The van der Waals surface area contributed by atoms with Gasteiger partial charge in [-0.05, 0) is 189 Å². The number of aromatic amines is 8. The van der Waals surface area contributed by atoms with E-state index in [2.05, 4.69) is 81.8 Å². The van der Waals surface area contributed by atoms with Gasteiger partial charge in [0.1, 0.15) is 23.1 Å². The molecule has 119 heavy (non-hydrogen) atoms. The molecule has 8 aromatic carbocycles. The molecule has 1 fully saturated rings. The van der Waals surface area contributed by atoms with Crippen molar-refractivity contribution in [2.45, 2.75) is 69.9 Å². The molecule has 0 bridgehead atoms. The molecule has 1 aliphatic heterocycles. The van der Waals surface area contributed by atoms with Gasteiger partial charge in [-0.25, -0.2) is 33.1 Å². The number of alkyl halides is 3. The lowest BCUT2D eigenvalue weighted by Crippen LogP contribution is -2.19. The predicted molar refractivity (Wildman–Crippen MR) is 442 cm³/mol. The number of benzene rings is 8. The number of pyridine rings is 1. The minimum atomic E-state index is -4.42. The van der Waals surface area contributed by atoms with Crippen LogP contribution in [-0.2, 0) is 55.9 Å². The van der Waals surface area contributed by atoms with Crippen molar-refractivity contribution in [1.82, 2.24) is 93.9 Å². The lowest BCUT2D eigenvalue weighted by atomic mass is 9.92. The fourth-order valence-corrected chi connectivity index (χ4v) is 14.5. The summed E-state index contributed by atoms with van der Waals surface area (Å²) in [5.74, 6) is 0.856. The van der Waals surface area contributed by atoms with Crippen LogP contribution in [0.15, 0.2) is 263 Å². The highest BCUT2D eigenvalue weighted by molar-refractivity contribution is 6.30. The number of nitrogens with one attached hydrogen (secondary N) is 8. The first kappa shape index (κ1) is 78.4. The second kappa shape index (κ2) is 34.5. The van der Waals surface area contributed by atoms with Crippen LogP contribution in [0, 0.1) is 17.5 Å². The van der Waals surface area contributed by atoms with Crippen LogP contribution in [0.25, 0.3) is 102 Å². The molecular weight excluding hydrogens is 1550 g/mol. The lowest BCUT2D eigenvalue weighted by Gasteiger charge is -2.21. The zero-order valence-electron chi connectivity index (χ0n) is 63.2. The third kappa shape index (κ3) is 17.3. The van der Waals surface area contributed by atoms with Crippen LogP contribution in [0.5, 0.6) is 0 Å². The van der Waals surface area contributed by atoms with Gasteiger partial charge in [0.05, 0.1) is 78.0 Å². The van der Waals surface area contributed by atoms with Gasteiger partial charge >= 0.3 is 6.18 Å². The van der Waals surface area contributed by atoms with Crippen molar-refractivity contribution in [2.24, 2.45) is 0 Å². The SMILES string of the molecule is C=CCc1c(-c2ccc(C(F)(F)F)cc2)[nH]n(-c2nc3ccccc3[nH]2)c1=O.O=c1c(CCc2ccc(F)c(Cl)c2)c(-c2cnccn2)[nH]n1-c1nc2ccccc2[nH]1.O=c1c(CCc2ccc(F)cc2)c(-c2ccncc2)[nH]n1-c1nc2ccccc2[nH]1.O=c1c(CCc2ccc(F)cc2)c(C2CCOCC2)[nH]n1-c1nc2ccccc2[nH]1. The number of H-pyrrole nitrogens is 8. The highest BCUT2D eigenvalue weighted by Crippen LogP contribution is 2.33. The Morgan fingerprint density at radius 1 is 0.445 bits per heavy atom. The maximum absolute atomic E-state index is 13.5.